The van der Waals surface area contributed by atoms with Crippen molar-refractivity contribution in [2.24, 2.45) is 0 Å². The molecule has 0 radical (unpaired) electrons. The largest absolute Gasteiger partial charge is 0.493 e. The number of aromatic nitrogens is 3. The molecule has 4 rings (SSSR count). The summed E-state index contributed by atoms with van der Waals surface area (Å²) < 4.78 is 18.1. The number of rotatable bonds is 7. The molecule has 8 heteroatoms. The minimum atomic E-state index is -0.297. The predicted octanol–water partition coefficient (Wildman–Crippen LogP) is 4.32. The number of anilines is 1. The van der Waals surface area contributed by atoms with Gasteiger partial charge in [0.05, 0.1) is 24.1 Å². The van der Waals surface area contributed by atoms with Gasteiger partial charge in [0.25, 0.3) is 5.91 Å². The van der Waals surface area contributed by atoms with Crippen molar-refractivity contribution in [1.82, 2.24) is 14.9 Å². The highest BCUT2D eigenvalue weighted by atomic mass is 16.5. The average molecular weight is 418 g/mol. The molecule has 0 spiro atoms. The first-order chi connectivity index (χ1) is 15.0. The SMILES string of the molecule is COc1cc(C(=O)Nc2ccn(-c3ccccc3)n2)ccc1OCc1c(C)noc1C. The monoisotopic (exact) mass is 418 g/mol. The summed E-state index contributed by atoms with van der Waals surface area (Å²) >= 11 is 0. The molecule has 0 aliphatic rings. The zero-order valence-electron chi connectivity index (χ0n) is 17.5. The number of amides is 1. The van der Waals surface area contributed by atoms with Crippen LogP contribution in [0.15, 0.2) is 65.3 Å². The van der Waals surface area contributed by atoms with Gasteiger partial charge in [0.2, 0.25) is 0 Å². The highest BCUT2D eigenvalue weighted by Gasteiger charge is 2.15. The van der Waals surface area contributed by atoms with Crippen LogP contribution in [0.3, 0.4) is 0 Å². The number of nitrogens with zero attached hydrogens (tertiary/aromatic N) is 3. The number of methoxy groups -OCH3 is 1. The Kier molecular flexibility index (Phi) is 5.70. The summed E-state index contributed by atoms with van der Waals surface area (Å²) in [5.41, 5.74) is 3.00. The molecule has 0 unspecified atom stereocenters. The molecule has 0 saturated carbocycles. The van der Waals surface area contributed by atoms with E-state index in [9.17, 15) is 4.79 Å². The molecule has 31 heavy (non-hydrogen) atoms. The maximum Gasteiger partial charge on any atom is 0.257 e. The van der Waals surface area contributed by atoms with Crippen LogP contribution in [0.25, 0.3) is 5.69 Å². The van der Waals surface area contributed by atoms with Gasteiger partial charge >= 0.3 is 0 Å². The fraction of sp³-hybridized carbons (Fsp3) is 0.174. The van der Waals surface area contributed by atoms with E-state index in [0.29, 0.717) is 35.2 Å². The number of ether oxygens (including phenoxy) is 2. The Balaban J connectivity index is 1.46. The first kappa shape index (κ1) is 20.2. The molecule has 0 atom stereocenters. The van der Waals surface area contributed by atoms with Crippen molar-refractivity contribution in [3.8, 4) is 17.2 Å². The molecule has 0 saturated heterocycles. The number of benzene rings is 2. The van der Waals surface area contributed by atoms with Crippen LogP contribution in [0.5, 0.6) is 11.5 Å². The lowest BCUT2D eigenvalue weighted by Crippen LogP contribution is -2.13. The fourth-order valence-electron chi connectivity index (χ4n) is 3.09. The lowest BCUT2D eigenvalue weighted by molar-refractivity contribution is 0.102. The number of carbonyl (C=O) groups excluding carboxylic acids is 1. The van der Waals surface area contributed by atoms with Crippen molar-refractivity contribution < 1.29 is 18.8 Å². The van der Waals surface area contributed by atoms with E-state index < -0.39 is 0 Å². The summed E-state index contributed by atoms with van der Waals surface area (Å²) in [6.07, 6.45) is 1.79. The Bertz CT molecular complexity index is 1180. The Labute approximate surface area is 179 Å². The van der Waals surface area contributed by atoms with Crippen molar-refractivity contribution in [2.75, 3.05) is 12.4 Å². The number of hydrogen-bond donors (Lipinski definition) is 1. The van der Waals surface area contributed by atoms with Gasteiger partial charge in [-0.25, -0.2) is 4.68 Å². The molecule has 1 N–H and O–H groups in total. The molecule has 2 heterocycles. The van der Waals surface area contributed by atoms with Gasteiger partial charge < -0.3 is 19.3 Å². The van der Waals surface area contributed by atoms with Crippen molar-refractivity contribution >= 4 is 11.7 Å². The van der Waals surface area contributed by atoms with Crippen molar-refractivity contribution in [3.05, 3.63) is 83.4 Å². The molecule has 158 valence electrons. The smallest absolute Gasteiger partial charge is 0.257 e. The predicted molar refractivity (Wildman–Crippen MR) is 115 cm³/mol. The molecule has 0 bridgehead atoms. The van der Waals surface area contributed by atoms with E-state index in [1.165, 1.54) is 7.11 Å². The second-order valence-corrected chi connectivity index (χ2v) is 6.89. The lowest BCUT2D eigenvalue weighted by atomic mass is 10.2. The molecule has 2 aromatic heterocycles. The molecule has 0 aliphatic heterocycles. The molecule has 0 fully saturated rings. The number of para-hydroxylation sites is 1. The second-order valence-electron chi connectivity index (χ2n) is 6.89. The maximum absolute atomic E-state index is 12.7. The molecule has 2 aromatic carbocycles. The Morgan fingerprint density at radius 3 is 2.61 bits per heavy atom. The van der Waals surface area contributed by atoms with E-state index in [2.05, 4.69) is 15.6 Å². The van der Waals surface area contributed by atoms with Gasteiger partial charge in [0.15, 0.2) is 17.3 Å². The first-order valence-corrected chi connectivity index (χ1v) is 9.70. The number of carbonyl (C=O) groups is 1. The Morgan fingerprint density at radius 2 is 1.90 bits per heavy atom. The molecule has 1 amide bonds. The van der Waals surface area contributed by atoms with Crippen LogP contribution in [-0.2, 0) is 6.61 Å². The third-order valence-corrected chi connectivity index (χ3v) is 4.83. The first-order valence-electron chi connectivity index (χ1n) is 9.70. The summed E-state index contributed by atoms with van der Waals surface area (Å²) in [6.45, 7) is 3.99. The van der Waals surface area contributed by atoms with E-state index >= 15 is 0 Å². The van der Waals surface area contributed by atoms with Crippen molar-refractivity contribution in [2.45, 2.75) is 20.5 Å². The van der Waals surface area contributed by atoms with Crippen molar-refractivity contribution in [3.63, 3.8) is 0 Å². The normalized spacial score (nSPS) is 10.7. The van der Waals surface area contributed by atoms with E-state index in [-0.39, 0.29) is 5.91 Å². The van der Waals surface area contributed by atoms with Gasteiger partial charge in [0.1, 0.15) is 12.4 Å². The quantitative estimate of drug-likeness (QED) is 0.481. The standard InChI is InChI=1S/C23H22N4O4/c1-15-19(16(2)31-26-15)14-30-20-10-9-17(13-21(20)29-3)23(28)24-22-11-12-27(25-22)18-7-5-4-6-8-18/h4-13H,14H2,1-3H3,(H,24,25,28). The van der Waals surface area contributed by atoms with E-state index in [1.54, 1.807) is 35.1 Å². The second kappa shape index (κ2) is 8.74. The van der Waals surface area contributed by atoms with Gasteiger partial charge in [-0.15, -0.1) is 0 Å². The summed E-state index contributed by atoms with van der Waals surface area (Å²) in [5.74, 6) is 1.84. The van der Waals surface area contributed by atoms with E-state index in [4.69, 9.17) is 14.0 Å². The topological polar surface area (TPSA) is 91.4 Å². The van der Waals surface area contributed by atoms with Crippen LogP contribution in [0.1, 0.15) is 27.4 Å². The van der Waals surface area contributed by atoms with Gasteiger partial charge in [0, 0.05) is 17.8 Å². The lowest BCUT2D eigenvalue weighted by Gasteiger charge is -2.12. The highest BCUT2D eigenvalue weighted by Crippen LogP contribution is 2.30. The van der Waals surface area contributed by atoms with Crippen LogP contribution in [0, 0.1) is 13.8 Å². The van der Waals surface area contributed by atoms with Crippen molar-refractivity contribution in [1.29, 1.82) is 0 Å². The summed E-state index contributed by atoms with van der Waals surface area (Å²) in [6, 6.07) is 16.4. The van der Waals surface area contributed by atoms with Crippen LogP contribution in [0.4, 0.5) is 5.82 Å². The van der Waals surface area contributed by atoms with Crippen LogP contribution in [0.2, 0.25) is 0 Å². The van der Waals surface area contributed by atoms with Gasteiger partial charge in [-0.05, 0) is 44.2 Å². The van der Waals surface area contributed by atoms with Gasteiger partial charge in [-0.2, -0.15) is 5.10 Å². The van der Waals surface area contributed by atoms with E-state index in [0.717, 1.165) is 16.9 Å². The minimum absolute atomic E-state index is 0.292. The van der Waals surface area contributed by atoms with Gasteiger partial charge in [-0.1, -0.05) is 23.4 Å². The van der Waals surface area contributed by atoms with Crippen LogP contribution < -0.4 is 14.8 Å². The Hall–Kier alpha value is -4.07. The zero-order valence-corrected chi connectivity index (χ0v) is 17.5. The van der Waals surface area contributed by atoms with Gasteiger partial charge in [-0.3, -0.25) is 4.79 Å². The molecule has 8 nitrogen and oxygen atoms in total. The average Bonchev–Trinajstić information content (AvgIpc) is 3.39. The number of hydrogen-bond acceptors (Lipinski definition) is 6. The third-order valence-electron chi connectivity index (χ3n) is 4.83. The fourth-order valence-corrected chi connectivity index (χ4v) is 3.09. The minimum Gasteiger partial charge on any atom is -0.493 e. The number of aryl methyl sites for hydroxylation is 2. The molecule has 0 aliphatic carbocycles. The van der Waals surface area contributed by atoms with Crippen LogP contribution >= 0.6 is 0 Å². The summed E-state index contributed by atoms with van der Waals surface area (Å²) in [7, 11) is 1.53. The Morgan fingerprint density at radius 1 is 1.10 bits per heavy atom. The summed E-state index contributed by atoms with van der Waals surface area (Å²) in [5, 5.41) is 11.1. The third kappa shape index (κ3) is 4.42. The summed E-state index contributed by atoms with van der Waals surface area (Å²) in [4.78, 5) is 12.7. The van der Waals surface area contributed by atoms with E-state index in [1.807, 2.05) is 44.2 Å². The zero-order chi connectivity index (χ0) is 21.8. The molecular formula is C23H22N4O4. The molecule has 4 aromatic rings. The van der Waals surface area contributed by atoms with Crippen LogP contribution in [-0.4, -0.2) is 28.0 Å². The molecular weight excluding hydrogens is 396 g/mol. The maximum atomic E-state index is 12.7. The number of nitrogens with one attached hydrogen (secondary N) is 1. The highest BCUT2D eigenvalue weighted by molar-refractivity contribution is 6.04.